The third-order valence-electron chi connectivity index (χ3n) is 6.88. The van der Waals surface area contributed by atoms with E-state index in [4.69, 9.17) is 0 Å². The second-order valence-electron chi connectivity index (χ2n) is 8.96. The van der Waals surface area contributed by atoms with Crippen molar-refractivity contribution >= 4 is 3.21 Å². The number of hydrogen-bond donors (Lipinski definition) is 0. The van der Waals surface area contributed by atoms with Gasteiger partial charge in [0, 0.05) is 0 Å². The summed E-state index contributed by atoms with van der Waals surface area (Å²) in [6, 6.07) is 38.6. The van der Waals surface area contributed by atoms with Gasteiger partial charge in [-0.2, -0.15) is 0 Å². The van der Waals surface area contributed by atoms with Crippen LogP contribution < -0.4 is 24.8 Å². The molecule has 3 heteroatoms. The molecule has 0 radical (unpaired) electrons. The predicted octanol–water partition coefficient (Wildman–Crippen LogP) is 1.80. The quantitative estimate of drug-likeness (QED) is 0.350. The summed E-state index contributed by atoms with van der Waals surface area (Å²) in [5, 5.41) is 0. The van der Waals surface area contributed by atoms with Crippen LogP contribution in [0.15, 0.2) is 125 Å². The van der Waals surface area contributed by atoms with Crippen molar-refractivity contribution in [2.24, 2.45) is 0 Å². The second kappa shape index (κ2) is 11.2. The van der Waals surface area contributed by atoms with Crippen molar-refractivity contribution in [2.75, 3.05) is 0 Å². The van der Waals surface area contributed by atoms with Crippen LogP contribution in [0.2, 0.25) is 0 Å². The van der Waals surface area contributed by atoms with Gasteiger partial charge in [-0.3, -0.25) is 0 Å². The first kappa shape index (κ1) is 25.8. The van der Waals surface area contributed by atoms with E-state index < -0.39 is 21.3 Å². The largest absolute Gasteiger partial charge is 1.00 e. The average molecular weight is 573 g/mol. The third-order valence-corrected chi connectivity index (χ3v) is 15.2. The van der Waals surface area contributed by atoms with Crippen LogP contribution in [0.4, 0.5) is 0 Å². The minimum atomic E-state index is -2.49. The SMILES string of the molecule is Cc1ccc2c(c1)-c1ccccc1[CH]2[Zr+2]([C]1=CC=CC1)=[C](c1ccccc1)c1ccccc1.[Cl-].[Cl-]. The summed E-state index contributed by atoms with van der Waals surface area (Å²) < 4.78 is 3.79. The van der Waals surface area contributed by atoms with Crippen LogP contribution in [0.3, 0.4) is 0 Å². The van der Waals surface area contributed by atoms with Crippen molar-refractivity contribution in [3.05, 3.63) is 152 Å². The van der Waals surface area contributed by atoms with Crippen LogP contribution >= 0.6 is 0 Å². The third kappa shape index (κ3) is 4.75. The van der Waals surface area contributed by atoms with Crippen LogP contribution in [-0.2, 0) is 21.3 Å². The Labute approximate surface area is 228 Å². The van der Waals surface area contributed by atoms with Crippen LogP contribution in [0.1, 0.15) is 37.9 Å². The first-order valence-electron chi connectivity index (χ1n) is 11.7. The Morgan fingerprint density at radius 1 is 0.686 bits per heavy atom. The number of benzene rings is 4. The Morgan fingerprint density at radius 3 is 1.91 bits per heavy atom. The summed E-state index contributed by atoms with van der Waals surface area (Å²) in [4.78, 5) is 0. The molecule has 2 aliphatic rings. The molecule has 1 atom stereocenters. The molecule has 0 N–H and O–H groups in total. The Kier molecular flexibility index (Phi) is 8.23. The maximum Gasteiger partial charge on any atom is -1.00 e. The number of rotatable bonds is 4. The predicted molar refractivity (Wildman–Crippen MR) is 136 cm³/mol. The van der Waals surface area contributed by atoms with Gasteiger partial charge in [0.25, 0.3) is 0 Å². The van der Waals surface area contributed by atoms with E-state index in [1.54, 1.807) is 6.49 Å². The Bertz CT molecular complexity index is 1390. The molecule has 0 nitrogen and oxygen atoms in total. The van der Waals surface area contributed by atoms with Crippen LogP contribution in [-0.4, -0.2) is 3.21 Å². The fourth-order valence-corrected chi connectivity index (χ4v) is 14.5. The van der Waals surface area contributed by atoms with E-state index in [0.717, 1.165) is 6.42 Å². The summed E-state index contributed by atoms with van der Waals surface area (Å²) in [5.41, 5.74) is 10.1. The molecule has 0 fully saturated rings. The molecule has 0 aromatic heterocycles. The van der Waals surface area contributed by atoms with Crippen molar-refractivity contribution in [1.29, 1.82) is 0 Å². The molecule has 0 aliphatic heterocycles. The molecule has 6 rings (SSSR count). The minimum absolute atomic E-state index is 0. The van der Waals surface area contributed by atoms with E-state index in [0.29, 0.717) is 3.63 Å². The number of halogens is 2. The topological polar surface area (TPSA) is 0 Å². The minimum Gasteiger partial charge on any atom is -1.00 e. The molecular weight excluding hydrogens is 546 g/mol. The zero-order chi connectivity index (χ0) is 22.2. The van der Waals surface area contributed by atoms with E-state index in [1.807, 2.05) is 0 Å². The number of allylic oxidation sites excluding steroid dienone is 4. The zero-order valence-corrected chi connectivity index (χ0v) is 23.6. The Hall–Kier alpha value is -2.31. The molecule has 35 heavy (non-hydrogen) atoms. The summed E-state index contributed by atoms with van der Waals surface area (Å²) in [7, 11) is 0. The van der Waals surface area contributed by atoms with Gasteiger partial charge < -0.3 is 24.8 Å². The van der Waals surface area contributed by atoms with Gasteiger partial charge in [-0.25, -0.2) is 0 Å². The van der Waals surface area contributed by atoms with Gasteiger partial charge in [0.1, 0.15) is 0 Å². The second-order valence-corrected chi connectivity index (χ2v) is 15.2. The summed E-state index contributed by atoms with van der Waals surface area (Å²) in [6.07, 6.45) is 8.16. The maximum atomic E-state index is 2.44. The van der Waals surface area contributed by atoms with Crippen molar-refractivity contribution in [3.63, 3.8) is 0 Å². The van der Waals surface area contributed by atoms with Crippen molar-refractivity contribution in [3.8, 4) is 11.1 Å². The van der Waals surface area contributed by atoms with Crippen molar-refractivity contribution in [1.82, 2.24) is 0 Å². The smallest absolute Gasteiger partial charge is 1.00 e. The van der Waals surface area contributed by atoms with Gasteiger partial charge in [0.05, 0.1) is 0 Å². The molecule has 172 valence electrons. The Balaban J connectivity index is 0.00000144. The first-order chi connectivity index (χ1) is 16.3. The monoisotopic (exact) mass is 570 g/mol. The van der Waals surface area contributed by atoms with E-state index in [2.05, 4.69) is 128 Å². The molecule has 0 saturated carbocycles. The number of hydrogen-bond acceptors (Lipinski definition) is 0. The molecule has 0 amide bonds. The molecule has 0 bridgehead atoms. The standard InChI is InChI=1S/C14H11.C13H10.C5H5.2ClH.Zr/c1-10-6-7-12-9-11-4-2-3-5-13(11)14(12)8-10;1-3-7-12(8-4-1)11-13-9-5-2-6-10-13;1-2-4-5-3-1;;;/h2-9H,1H3;1-10H;1-3H,4H2;2*1H;/q;;;;;+2/p-2. The van der Waals surface area contributed by atoms with Crippen LogP contribution in [0, 0.1) is 6.92 Å². The average Bonchev–Trinajstić information content (AvgIpc) is 3.50. The van der Waals surface area contributed by atoms with Gasteiger partial charge in [0.15, 0.2) is 0 Å². The van der Waals surface area contributed by atoms with E-state index in [1.165, 1.54) is 38.9 Å². The van der Waals surface area contributed by atoms with Crippen molar-refractivity contribution in [2.45, 2.75) is 17.0 Å². The summed E-state index contributed by atoms with van der Waals surface area (Å²) >= 11 is -2.49. The van der Waals surface area contributed by atoms with Gasteiger partial charge >= 0.3 is 205 Å². The van der Waals surface area contributed by atoms with Gasteiger partial charge in [-0.05, 0) is 0 Å². The zero-order valence-electron chi connectivity index (χ0n) is 19.6. The fourth-order valence-electron chi connectivity index (χ4n) is 5.45. The van der Waals surface area contributed by atoms with Crippen molar-refractivity contribution < 1.29 is 46.1 Å². The number of fused-ring (bicyclic) bond motifs is 3. The molecule has 0 heterocycles. The van der Waals surface area contributed by atoms with E-state index in [-0.39, 0.29) is 24.8 Å². The normalized spacial score (nSPS) is 14.5. The van der Waals surface area contributed by atoms with Crippen LogP contribution in [0.5, 0.6) is 0 Å². The first-order valence-corrected chi connectivity index (χ1v) is 15.6. The molecular formula is C32H26Cl2Zr. The molecule has 1 unspecified atom stereocenters. The van der Waals surface area contributed by atoms with E-state index >= 15 is 0 Å². The Morgan fingerprint density at radius 2 is 1.29 bits per heavy atom. The molecule has 2 aliphatic carbocycles. The summed E-state index contributed by atoms with van der Waals surface area (Å²) in [5.74, 6) is 0. The van der Waals surface area contributed by atoms with Gasteiger partial charge in [-0.1, -0.05) is 0 Å². The molecule has 0 saturated heterocycles. The van der Waals surface area contributed by atoms with Gasteiger partial charge in [-0.15, -0.1) is 0 Å². The summed E-state index contributed by atoms with van der Waals surface area (Å²) in [6.45, 7) is 2.21. The molecule has 4 aromatic carbocycles. The van der Waals surface area contributed by atoms with E-state index in [9.17, 15) is 0 Å². The van der Waals surface area contributed by atoms with Gasteiger partial charge in [0.2, 0.25) is 0 Å². The van der Waals surface area contributed by atoms with Crippen LogP contribution in [0.25, 0.3) is 11.1 Å². The number of aryl methyl sites for hydroxylation is 1. The molecule has 4 aromatic rings. The maximum absolute atomic E-state index is 2.49. The fraction of sp³-hybridized carbons (Fsp3) is 0.0938. The molecule has 0 spiro atoms.